The van der Waals surface area contributed by atoms with E-state index in [1.165, 1.54) is 16.4 Å². The molecule has 1 N–H and O–H groups in total. The molecule has 3 heterocycles. The first kappa shape index (κ1) is 15.4. The molecule has 22 heavy (non-hydrogen) atoms. The van der Waals surface area contributed by atoms with Crippen molar-refractivity contribution in [1.29, 1.82) is 0 Å². The molecular weight excluding hydrogens is 294 g/mol. The first-order chi connectivity index (χ1) is 10.8. The molecule has 0 unspecified atom stereocenters. The van der Waals surface area contributed by atoms with Gasteiger partial charge in [0.15, 0.2) is 5.17 Å². The highest BCUT2D eigenvalue weighted by molar-refractivity contribution is 8.16. The number of allylic oxidation sites excluding steroid dienone is 1. The molecule has 0 amide bonds. The lowest BCUT2D eigenvalue weighted by atomic mass is 10.2. The Morgan fingerprint density at radius 2 is 2.41 bits per heavy atom. The minimum Gasteiger partial charge on any atom is -0.324 e. The molecule has 0 aliphatic carbocycles. The molecule has 2 aliphatic heterocycles. The lowest BCUT2D eigenvalue weighted by molar-refractivity contribution is 0.464. The van der Waals surface area contributed by atoms with Gasteiger partial charge in [-0.2, -0.15) is 5.10 Å². The fourth-order valence-electron chi connectivity index (χ4n) is 2.73. The Morgan fingerprint density at radius 1 is 1.50 bits per heavy atom. The Hall–Kier alpha value is -1.53. The van der Waals surface area contributed by atoms with Gasteiger partial charge in [-0.05, 0) is 18.8 Å². The minimum absolute atomic E-state index is 0.766. The summed E-state index contributed by atoms with van der Waals surface area (Å²) in [7, 11) is 0. The molecule has 6 heteroatoms. The summed E-state index contributed by atoms with van der Waals surface area (Å²) in [6.07, 6.45) is 6.18. The topological polar surface area (TPSA) is 45.5 Å². The fourth-order valence-corrected chi connectivity index (χ4v) is 3.72. The number of nitrogens with one attached hydrogen (secondary N) is 1. The largest absolute Gasteiger partial charge is 0.324 e. The highest BCUT2D eigenvalue weighted by Gasteiger charge is 2.23. The summed E-state index contributed by atoms with van der Waals surface area (Å²) in [4.78, 5) is 6.93. The van der Waals surface area contributed by atoms with E-state index in [1.54, 1.807) is 11.8 Å². The first-order valence-electron chi connectivity index (χ1n) is 7.80. The van der Waals surface area contributed by atoms with E-state index in [0.29, 0.717) is 0 Å². The van der Waals surface area contributed by atoms with Gasteiger partial charge in [0, 0.05) is 50.1 Å². The lowest BCUT2D eigenvalue weighted by Crippen LogP contribution is -2.30. The molecule has 0 aromatic carbocycles. The van der Waals surface area contributed by atoms with Crippen molar-refractivity contribution in [1.82, 2.24) is 20.0 Å². The van der Waals surface area contributed by atoms with Crippen molar-refractivity contribution in [2.45, 2.75) is 32.9 Å². The third-order valence-corrected chi connectivity index (χ3v) is 4.85. The Balaban J connectivity index is 1.45. The van der Waals surface area contributed by atoms with Gasteiger partial charge in [0.1, 0.15) is 0 Å². The number of fused-ring (bicyclic) bond motifs is 1. The zero-order valence-corrected chi connectivity index (χ0v) is 13.9. The standard InChI is InChI=1S/C16H23N5S/c1-3-8-20-11-14(13(2)19-20)10-17-7-5-15-12-22-16-18-6-4-9-21(15)16/h3,11-12,17H,1,4-10H2,2H3. The van der Waals surface area contributed by atoms with Crippen LogP contribution in [0.2, 0.25) is 0 Å². The van der Waals surface area contributed by atoms with E-state index in [-0.39, 0.29) is 0 Å². The molecular formula is C16H23N5S. The van der Waals surface area contributed by atoms with Crippen LogP contribution in [0.3, 0.4) is 0 Å². The molecule has 0 bridgehead atoms. The number of thioether (sulfide) groups is 1. The predicted octanol–water partition coefficient (Wildman–Crippen LogP) is 2.51. The van der Waals surface area contributed by atoms with Crippen LogP contribution in [0.15, 0.2) is 34.9 Å². The van der Waals surface area contributed by atoms with Crippen LogP contribution < -0.4 is 5.32 Å². The lowest BCUT2D eigenvalue weighted by Gasteiger charge is -2.25. The number of nitrogens with zero attached hydrogens (tertiary/aromatic N) is 4. The summed E-state index contributed by atoms with van der Waals surface area (Å²) in [5, 5.41) is 11.4. The third-order valence-electron chi connectivity index (χ3n) is 3.90. The molecule has 0 spiro atoms. The number of aryl methyl sites for hydroxylation is 1. The maximum absolute atomic E-state index is 4.56. The van der Waals surface area contributed by atoms with Gasteiger partial charge in [-0.15, -0.1) is 6.58 Å². The quantitative estimate of drug-likeness (QED) is 0.620. The van der Waals surface area contributed by atoms with Crippen LogP contribution in [0.1, 0.15) is 24.1 Å². The number of aliphatic imine (C=N–C) groups is 1. The normalized spacial score (nSPS) is 17.2. The second-order valence-electron chi connectivity index (χ2n) is 5.57. The summed E-state index contributed by atoms with van der Waals surface area (Å²) in [6, 6.07) is 0. The van der Waals surface area contributed by atoms with Gasteiger partial charge in [0.05, 0.1) is 12.2 Å². The average molecular weight is 317 g/mol. The fraction of sp³-hybridized carbons (Fsp3) is 0.500. The van der Waals surface area contributed by atoms with Gasteiger partial charge < -0.3 is 10.2 Å². The van der Waals surface area contributed by atoms with Gasteiger partial charge >= 0.3 is 0 Å². The van der Waals surface area contributed by atoms with Crippen molar-refractivity contribution in [3.8, 4) is 0 Å². The van der Waals surface area contributed by atoms with Crippen molar-refractivity contribution < 1.29 is 0 Å². The van der Waals surface area contributed by atoms with E-state index >= 15 is 0 Å². The van der Waals surface area contributed by atoms with Gasteiger partial charge in [0.25, 0.3) is 0 Å². The Morgan fingerprint density at radius 3 is 3.27 bits per heavy atom. The summed E-state index contributed by atoms with van der Waals surface area (Å²) in [6.45, 7) is 10.5. The summed E-state index contributed by atoms with van der Waals surface area (Å²) in [5.41, 5.74) is 3.75. The van der Waals surface area contributed by atoms with E-state index in [9.17, 15) is 0 Å². The van der Waals surface area contributed by atoms with Crippen molar-refractivity contribution in [2.75, 3.05) is 19.6 Å². The van der Waals surface area contributed by atoms with Crippen LogP contribution in [0.5, 0.6) is 0 Å². The van der Waals surface area contributed by atoms with Crippen molar-refractivity contribution in [3.63, 3.8) is 0 Å². The first-order valence-corrected chi connectivity index (χ1v) is 8.68. The van der Waals surface area contributed by atoms with E-state index in [1.807, 2.05) is 10.8 Å². The van der Waals surface area contributed by atoms with E-state index in [0.717, 1.165) is 51.3 Å². The number of hydrogen-bond donors (Lipinski definition) is 1. The number of aromatic nitrogens is 2. The SMILES string of the molecule is C=CCn1cc(CNCCC2=CSC3=NCCCN23)c(C)n1. The molecule has 0 saturated heterocycles. The van der Waals surface area contributed by atoms with Crippen LogP contribution in [0.25, 0.3) is 0 Å². The maximum Gasteiger partial charge on any atom is 0.167 e. The van der Waals surface area contributed by atoms with Gasteiger partial charge in [-0.1, -0.05) is 17.8 Å². The molecule has 0 saturated carbocycles. The van der Waals surface area contributed by atoms with Crippen molar-refractivity contribution >= 4 is 16.9 Å². The van der Waals surface area contributed by atoms with Gasteiger partial charge in [-0.3, -0.25) is 9.67 Å². The molecule has 5 nitrogen and oxygen atoms in total. The minimum atomic E-state index is 0.766. The molecule has 1 aromatic heterocycles. The van der Waals surface area contributed by atoms with Crippen LogP contribution >= 0.6 is 11.8 Å². The number of rotatable bonds is 7. The predicted molar refractivity (Wildman–Crippen MR) is 92.8 cm³/mol. The smallest absolute Gasteiger partial charge is 0.167 e. The highest BCUT2D eigenvalue weighted by atomic mass is 32.2. The monoisotopic (exact) mass is 317 g/mol. The number of hydrogen-bond acceptors (Lipinski definition) is 5. The molecule has 0 radical (unpaired) electrons. The second kappa shape index (κ2) is 7.15. The van der Waals surface area contributed by atoms with Crippen LogP contribution in [-0.4, -0.2) is 39.5 Å². The molecule has 0 atom stereocenters. The van der Waals surface area contributed by atoms with Crippen LogP contribution in [0.4, 0.5) is 0 Å². The molecule has 2 aliphatic rings. The maximum atomic E-state index is 4.56. The third kappa shape index (κ3) is 3.44. The summed E-state index contributed by atoms with van der Waals surface area (Å²) in [5.74, 6) is 0. The zero-order chi connectivity index (χ0) is 15.4. The highest BCUT2D eigenvalue weighted by Crippen LogP contribution is 2.30. The van der Waals surface area contributed by atoms with E-state index in [4.69, 9.17) is 0 Å². The molecule has 1 aromatic rings. The van der Waals surface area contributed by atoms with Crippen LogP contribution in [-0.2, 0) is 13.1 Å². The zero-order valence-electron chi connectivity index (χ0n) is 13.1. The van der Waals surface area contributed by atoms with Crippen molar-refractivity contribution in [3.05, 3.63) is 41.2 Å². The van der Waals surface area contributed by atoms with Gasteiger partial charge in [0.2, 0.25) is 0 Å². The van der Waals surface area contributed by atoms with Crippen molar-refractivity contribution in [2.24, 2.45) is 4.99 Å². The Bertz CT molecular complexity index is 602. The second-order valence-corrected chi connectivity index (χ2v) is 6.41. The summed E-state index contributed by atoms with van der Waals surface area (Å²) < 4.78 is 1.94. The average Bonchev–Trinajstić information content (AvgIpc) is 3.08. The van der Waals surface area contributed by atoms with E-state index in [2.05, 4.69) is 45.4 Å². The molecule has 3 rings (SSSR count). The number of amidine groups is 1. The van der Waals surface area contributed by atoms with E-state index < -0.39 is 0 Å². The Kier molecular flexibility index (Phi) is 5.00. The Labute approximate surface area is 136 Å². The van der Waals surface area contributed by atoms with Gasteiger partial charge in [-0.25, -0.2) is 0 Å². The molecule has 0 fully saturated rings. The summed E-state index contributed by atoms with van der Waals surface area (Å²) >= 11 is 1.76. The van der Waals surface area contributed by atoms with Crippen LogP contribution in [0, 0.1) is 6.92 Å². The molecule has 118 valence electrons.